The molecule has 0 bridgehead atoms. The van der Waals surface area contributed by atoms with Crippen molar-refractivity contribution in [3.63, 3.8) is 0 Å². The highest BCUT2D eigenvalue weighted by molar-refractivity contribution is 7.89. The molecule has 3 aromatic rings. The predicted octanol–water partition coefficient (Wildman–Crippen LogP) is 5.08. The van der Waals surface area contributed by atoms with Gasteiger partial charge in [-0.25, -0.2) is 12.8 Å². The smallest absolute Gasteiger partial charge is 0.419 e. The van der Waals surface area contributed by atoms with Gasteiger partial charge in [-0.1, -0.05) is 30.3 Å². The molecule has 0 fully saturated rings. The molecule has 3 rings (SSSR count). The van der Waals surface area contributed by atoms with E-state index in [1.54, 1.807) is 44.2 Å². The van der Waals surface area contributed by atoms with Gasteiger partial charge in [-0.3, -0.25) is 4.79 Å². The maximum absolute atomic E-state index is 13.6. The van der Waals surface area contributed by atoms with E-state index in [4.69, 9.17) is 4.74 Å². The summed E-state index contributed by atoms with van der Waals surface area (Å²) in [6.45, 7) is 3.85. The average Bonchev–Trinajstić information content (AvgIpc) is 2.81. The standard InChI is InChI=1S/C25H24F4N2O4S/c1-3-35-23-12-10-19(13-16(23)2)36(33,34)31-22(14-17-7-5-4-6-8-17)24(32)30-18-9-11-21(26)20(15-18)25(27,28)29/h4-13,15,22,31H,3,14H2,1-2H3,(H,30,32)/t22-/m0/s1. The van der Waals surface area contributed by atoms with E-state index in [1.165, 1.54) is 18.2 Å². The molecule has 0 aliphatic carbocycles. The van der Waals surface area contributed by atoms with Crippen molar-refractivity contribution in [2.45, 2.75) is 37.4 Å². The third-order valence-electron chi connectivity index (χ3n) is 5.19. The van der Waals surface area contributed by atoms with Gasteiger partial charge in [0.05, 0.1) is 17.1 Å². The van der Waals surface area contributed by atoms with Gasteiger partial charge in [0.15, 0.2) is 0 Å². The van der Waals surface area contributed by atoms with Crippen LogP contribution in [0.25, 0.3) is 0 Å². The molecule has 0 spiro atoms. The second kappa shape index (κ2) is 11.1. The van der Waals surface area contributed by atoms with Crippen molar-refractivity contribution < 1.29 is 35.5 Å². The number of ether oxygens (including phenoxy) is 1. The topological polar surface area (TPSA) is 84.5 Å². The van der Waals surface area contributed by atoms with Gasteiger partial charge in [-0.05, 0) is 67.8 Å². The summed E-state index contributed by atoms with van der Waals surface area (Å²) in [6.07, 6.45) is -5.06. The summed E-state index contributed by atoms with van der Waals surface area (Å²) < 4.78 is 86.9. The molecule has 0 heterocycles. The summed E-state index contributed by atoms with van der Waals surface area (Å²) >= 11 is 0. The van der Waals surface area contributed by atoms with Crippen LogP contribution in [-0.4, -0.2) is 27.0 Å². The maximum Gasteiger partial charge on any atom is 0.419 e. The molecular weight excluding hydrogens is 500 g/mol. The van der Waals surface area contributed by atoms with Crippen molar-refractivity contribution in [3.05, 3.63) is 89.2 Å². The molecule has 3 aromatic carbocycles. The molecular formula is C25H24F4N2O4S. The van der Waals surface area contributed by atoms with Gasteiger partial charge >= 0.3 is 6.18 Å². The van der Waals surface area contributed by atoms with Crippen LogP contribution in [0.4, 0.5) is 23.2 Å². The van der Waals surface area contributed by atoms with Crippen LogP contribution in [0.1, 0.15) is 23.6 Å². The van der Waals surface area contributed by atoms with E-state index in [0.29, 0.717) is 35.6 Å². The largest absolute Gasteiger partial charge is 0.494 e. The van der Waals surface area contributed by atoms with Crippen molar-refractivity contribution in [1.82, 2.24) is 4.72 Å². The molecule has 0 aliphatic heterocycles. The number of rotatable bonds is 9. The lowest BCUT2D eigenvalue weighted by Crippen LogP contribution is -2.45. The Morgan fingerprint density at radius 2 is 1.72 bits per heavy atom. The number of benzene rings is 3. The Hall–Kier alpha value is -3.44. The molecule has 1 amide bonds. The molecule has 11 heteroatoms. The molecule has 0 unspecified atom stereocenters. The highest BCUT2D eigenvalue weighted by atomic mass is 32.2. The number of amides is 1. The van der Waals surface area contributed by atoms with Crippen molar-refractivity contribution in [3.8, 4) is 5.75 Å². The van der Waals surface area contributed by atoms with E-state index >= 15 is 0 Å². The number of hydrogen-bond donors (Lipinski definition) is 2. The van der Waals surface area contributed by atoms with Crippen molar-refractivity contribution in [2.24, 2.45) is 0 Å². The van der Waals surface area contributed by atoms with E-state index in [9.17, 15) is 30.8 Å². The van der Waals surface area contributed by atoms with Crippen LogP contribution >= 0.6 is 0 Å². The highest BCUT2D eigenvalue weighted by Gasteiger charge is 2.34. The molecule has 6 nitrogen and oxygen atoms in total. The zero-order valence-corrected chi connectivity index (χ0v) is 20.2. The van der Waals surface area contributed by atoms with Crippen molar-refractivity contribution in [2.75, 3.05) is 11.9 Å². The zero-order valence-electron chi connectivity index (χ0n) is 19.4. The van der Waals surface area contributed by atoms with Crippen LogP contribution in [0.5, 0.6) is 5.75 Å². The monoisotopic (exact) mass is 524 g/mol. The molecule has 36 heavy (non-hydrogen) atoms. The first-order valence-corrected chi connectivity index (χ1v) is 12.4. The molecule has 2 N–H and O–H groups in total. The maximum atomic E-state index is 13.6. The van der Waals surface area contributed by atoms with E-state index in [0.717, 1.165) is 6.07 Å². The SMILES string of the molecule is CCOc1ccc(S(=O)(=O)N[C@@H](Cc2ccccc2)C(=O)Nc2ccc(F)c(C(F)(F)F)c2)cc1C. The number of hydrogen-bond acceptors (Lipinski definition) is 4. The first-order chi connectivity index (χ1) is 16.9. The van der Waals surface area contributed by atoms with Gasteiger partial charge in [0, 0.05) is 5.69 Å². The molecule has 0 aliphatic rings. The lowest BCUT2D eigenvalue weighted by molar-refractivity contribution is -0.140. The molecule has 192 valence electrons. The van der Waals surface area contributed by atoms with Crippen LogP contribution < -0.4 is 14.8 Å². The lowest BCUT2D eigenvalue weighted by atomic mass is 10.1. The van der Waals surface area contributed by atoms with Crippen LogP contribution in [0.2, 0.25) is 0 Å². The summed E-state index contributed by atoms with van der Waals surface area (Å²) in [5, 5.41) is 2.26. The minimum atomic E-state index is -4.97. The molecule has 0 saturated heterocycles. The summed E-state index contributed by atoms with van der Waals surface area (Å²) in [4.78, 5) is 12.9. The van der Waals surface area contributed by atoms with Gasteiger partial charge in [0.1, 0.15) is 17.6 Å². The Balaban J connectivity index is 1.90. The minimum Gasteiger partial charge on any atom is -0.494 e. The second-order valence-electron chi connectivity index (χ2n) is 7.91. The first-order valence-electron chi connectivity index (χ1n) is 10.9. The Morgan fingerprint density at radius 3 is 2.33 bits per heavy atom. The van der Waals surface area contributed by atoms with Crippen LogP contribution in [0.15, 0.2) is 71.6 Å². The van der Waals surface area contributed by atoms with Crippen LogP contribution in [-0.2, 0) is 27.4 Å². The minimum absolute atomic E-state index is 0.0881. The number of anilines is 1. The Morgan fingerprint density at radius 1 is 1.03 bits per heavy atom. The molecule has 1 atom stereocenters. The van der Waals surface area contributed by atoms with Gasteiger partial charge in [0.2, 0.25) is 15.9 Å². The number of alkyl halides is 3. The zero-order chi connectivity index (χ0) is 26.5. The quantitative estimate of drug-likeness (QED) is 0.383. The third-order valence-corrected chi connectivity index (χ3v) is 6.66. The van der Waals surface area contributed by atoms with Gasteiger partial charge in [-0.2, -0.15) is 17.9 Å². The predicted molar refractivity (Wildman–Crippen MR) is 127 cm³/mol. The normalized spacial score (nSPS) is 12.7. The number of aryl methyl sites for hydroxylation is 1. The Labute approximate surface area is 206 Å². The second-order valence-corrected chi connectivity index (χ2v) is 9.62. The van der Waals surface area contributed by atoms with E-state index in [2.05, 4.69) is 10.0 Å². The fourth-order valence-corrected chi connectivity index (χ4v) is 4.73. The number of sulfonamides is 1. The summed E-state index contributed by atoms with van der Waals surface area (Å²) in [5.41, 5.74) is -0.707. The van der Waals surface area contributed by atoms with Crippen LogP contribution in [0.3, 0.4) is 0 Å². The molecule has 0 radical (unpaired) electrons. The van der Waals surface area contributed by atoms with Gasteiger partial charge < -0.3 is 10.1 Å². The number of carbonyl (C=O) groups is 1. The summed E-state index contributed by atoms with van der Waals surface area (Å²) in [7, 11) is -4.22. The number of carbonyl (C=O) groups excluding carboxylic acids is 1. The van der Waals surface area contributed by atoms with Crippen molar-refractivity contribution >= 4 is 21.6 Å². The average molecular weight is 525 g/mol. The number of nitrogens with one attached hydrogen (secondary N) is 2. The number of halogens is 4. The summed E-state index contributed by atoms with van der Waals surface area (Å²) in [5.74, 6) is -1.90. The molecule has 0 saturated carbocycles. The third kappa shape index (κ3) is 6.82. The fourth-order valence-electron chi connectivity index (χ4n) is 3.45. The first kappa shape index (κ1) is 27.2. The van der Waals surface area contributed by atoms with E-state index < -0.39 is 39.5 Å². The van der Waals surface area contributed by atoms with Crippen molar-refractivity contribution in [1.29, 1.82) is 0 Å². The van der Waals surface area contributed by atoms with Gasteiger partial charge in [-0.15, -0.1) is 0 Å². The van der Waals surface area contributed by atoms with Crippen LogP contribution in [0, 0.1) is 12.7 Å². The Bertz CT molecular complexity index is 1330. The summed E-state index contributed by atoms with van der Waals surface area (Å²) in [6, 6.07) is 13.3. The Kier molecular flexibility index (Phi) is 8.36. The fraction of sp³-hybridized carbons (Fsp3) is 0.240. The highest BCUT2D eigenvalue weighted by Crippen LogP contribution is 2.33. The molecule has 0 aromatic heterocycles. The van der Waals surface area contributed by atoms with E-state index in [1.807, 2.05) is 0 Å². The van der Waals surface area contributed by atoms with Gasteiger partial charge in [0.25, 0.3) is 0 Å². The lowest BCUT2D eigenvalue weighted by Gasteiger charge is -2.20. The van der Waals surface area contributed by atoms with E-state index in [-0.39, 0.29) is 17.0 Å².